The van der Waals surface area contributed by atoms with Crippen molar-refractivity contribution in [1.29, 1.82) is 0 Å². The zero-order valence-corrected chi connectivity index (χ0v) is 18.9. The summed E-state index contributed by atoms with van der Waals surface area (Å²) in [6, 6.07) is 15.3. The summed E-state index contributed by atoms with van der Waals surface area (Å²) in [5.41, 5.74) is 3.46. The van der Waals surface area contributed by atoms with Gasteiger partial charge in [-0.3, -0.25) is 9.78 Å². The van der Waals surface area contributed by atoms with Gasteiger partial charge in [0.1, 0.15) is 23.6 Å². The van der Waals surface area contributed by atoms with Crippen LogP contribution in [0.1, 0.15) is 11.1 Å². The van der Waals surface area contributed by atoms with Crippen LogP contribution in [0.3, 0.4) is 0 Å². The van der Waals surface area contributed by atoms with Crippen molar-refractivity contribution < 1.29 is 9.53 Å². The lowest BCUT2D eigenvalue weighted by Crippen LogP contribution is -2.32. The minimum Gasteiger partial charge on any atom is -0.455 e. The second-order valence-corrected chi connectivity index (χ2v) is 7.46. The Hall–Kier alpha value is -4.48. The van der Waals surface area contributed by atoms with Crippen molar-refractivity contribution >= 4 is 28.3 Å². The molecule has 1 amide bonds. The minimum absolute atomic E-state index is 0.0951. The molecule has 170 valence electrons. The van der Waals surface area contributed by atoms with Gasteiger partial charge >= 0.3 is 0 Å². The SMILES string of the molecule is CNCC(=O)NCC#Cc1ccc2ncnc(Nc3ccc(Oc4cccnc4)c(C)c3)c2c1. The van der Waals surface area contributed by atoms with Gasteiger partial charge in [-0.05, 0) is 68.1 Å². The molecule has 0 spiro atoms. The number of aryl methyl sites for hydroxylation is 1. The second kappa shape index (κ2) is 10.9. The number of fused-ring (bicyclic) bond motifs is 1. The molecule has 0 bridgehead atoms. The zero-order valence-electron chi connectivity index (χ0n) is 18.9. The first kappa shape index (κ1) is 22.7. The number of benzene rings is 2. The number of nitrogens with zero attached hydrogens (tertiary/aromatic N) is 3. The van der Waals surface area contributed by atoms with Gasteiger partial charge in [-0.15, -0.1) is 0 Å². The van der Waals surface area contributed by atoms with Crippen LogP contribution < -0.4 is 20.7 Å². The summed E-state index contributed by atoms with van der Waals surface area (Å²) in [6.07, 6.45) is 4.91. The van der Waals surface area contributed by atoms with E-state index in [9.17, 15) is 4.79 Å². The lowest BCUT2D eigenvalue weighted by molar-refractivity contribution is -0.119. The maximum atomic E-state index is 11.5. The van der Waals surface area contributed by atoms with Gasteiger partial charge in [0.25, 0.3) is 0 Å². The van der Waals surface area contributed by atoms with E-state index in [0.29, 0.717) is 11.6 Å². The number of likely N-dealkylation sites (N-methyl/N-ethyl adjacent to an activating group) is 1. The molecule has 0 saturated carbocycles. The topological polar surface area (TPSA) is 101 Å². The Kier molecular flexibility index (Phi) is 7.28. The molecule has 0 aliphatic rings. The fourth-order valence-corrected chi connectivity index (χ4v) is 3.26. The van der Waals surface area contributed by atoms with Gasteiger partial charge in [-0.1, -0.05) is 11.8 Å². The second-order valence-electron chi connectivity index (χ2n) is 7.46. The first-order valence-corrected chi connectivity index (χ1v) is 10.7. The highest BCUT2D eigenvalue weighted by molar-refractivity contribution is 5.91. The predicted octanol–water partition coefficient (Wildman–Crippen LogP) is 3.56. The summed E-state index contributed by atoms with van der Waals surface area (Å²) in [5, 5.41) is 9.75. The number of ether oxygens (including phenoxy) is 1. The molecule has 2 aromatic carbocycles. The van der Waals surface area contributed by atoms with E-state index in [-0.39, 0.29) is 19.0 Å². The van der Waals surface area contributed by atoms with E-state index in [1.54, 1.807) is 19.4 Å². The number of pyridine rings is 1. The van der Waals surface area contributed by atoms with Crippen molar-refractivity contribution in [2.24, 2.45) is 0 Å². The molecule has 0 radical (unpaired) electrons. The molecule has 0 aliphatic heterocycles. The monoisotopic (exact) mass is 452 g/mol. The molecule has 4 rings (SSSR count). The summed E-state index contributed by atoms with van der Waals surface area (Å²) in [5.74, 6) is 8.06. The Bertz CT molecular complexity index is 1360. The fourth-order valence-electron chi connectivity index (χ4n) is 3.26. The van der Waals surface area contributed by atoms with Crippen molar-refractivity contribution in [2.75, 3.05) is 25.5 Å². The number of carbonyl (C=O) groups excluding carboxylic acids is 1. The van der Waals surface area contributed by atoms with Crippen LogP contribution in [0.25, 0.3) is 10.9 Å². The van der Waals surface area contributed by atoms with Gasteiger partial charge in [0.05, 0.1) is 24.8 Å². The molecule has 0 atom stereocenters. The molecule has 2 heterocycles. The molecule has 34 heavy (non-hydrogen) atoms. The number of aromatic nitrogens is 3. The molecule has 0 unspecified atom stereocenters. The van der Waals surface area contributed by atoms with Crippen LogP contribution in [-0.2, 0) is 4.79 Å². The van der Waals surface area contributed by atoms with Crippen molar-refractivity contribution in [3.63, 3.8) is 0 Å². The third-order valence-corrected chi connectivity index (χ3v) is 4.88. The maximum Gasteiger partial charge on any atom is 0.234 e. The standard InChI is InChI=1S/C26H24N6O2/c1-18-13-20(8-10-24(18)34-21-6-4-11-28-15-21)32-26-22-14-19(7-9-23(22)30-17-31-26)5-3-12-29-25(33)16-27-2/h4,6-11,13-15,17,27H,12,16H2,1-2H3,(H,29,33)(H,30,31,32). The number of rotatable bonds is 7. The molecule has 8 heteroatoms. The van der Waals surface area contributed by atoms with E-state index < -0.39 is 0 Å². The van der Waals surface area contributed by atoms with E-state index in [1.807, 2.05) is 55.5 Å². The summed E-state index contributed by atoms with van der Waals surface area (Å²) < 4.78 is 5.91. The lowest BCUT2D eigenvalue weighted by Gasteiger charge is -2.12. The highest BCUT2D eigenvalue weighted by Crippen LogP contribution is 2.29. The molecule has 0 saturated heterocycles. The third kappa shape index (κ3) is 5.85. The van der Waals surface area contributed by atoms with Crippen LogP contribution in [0.5, 0.6) is 11.5 Å². The van der Waals surface area contributed by atoms with E-state index in [2.05, 4.69) is 42.7 Å². The number of amides is 1. The van der Waals surface area contributed by atoms with Crippen molar-refractivity contribution in [3.05, 3.63) is 78.4 Å². The van der Waals surface area contributed by atoms with Crippen LogP contribution in [0.2, 0.25) is 0 Å². The lowest BCUT2D eigenvalue weighted by atomic mass is 10.1. The molecule has 0 aliphatic carbocycles. The molecular weight excluding hydrogens is 428 g/mol. The third-order valence-electron chi connectivity index (χ3n) is 4.88. The fraction of sp³-hybridized carbons (Fsp3) is 0.154. The van der Waals surface area contributed by atoms with E-state index in [0.717, 1.165) is 33.5 Å². The normalized spacial score (nSPS) is 10.3. The van der Waals surface area contributed by atoms with E-state index >= 15 is 0 Å². The molecule has 3 N–H and O–H groups in total. The van der Waals surface area contributed by atoms with Gasteiger partial charge < -0.3 is 20.7 Å². The summed E-state index contributed by atoms with van der Waals surface area (Å²) in [6.45, 7) is 2.53. The molecular formula is C26H24N6O2. The molecule has 0 fully saturated rings. The van der Waals surface area contributed by atoms with Crippen LogP contribution in [-0.4, -0.2) is 41.0 Å². The van der Waals surface area contributed by atoms with Crippen molar-refractivity contribution in [2.45, 2.75) is 6.92 Å². The summed E-state index contributed by atoms with van der Waals surface area (Å²) in [7, 11) is 1.72. The van der Waals surface area contributed by atoms with Gasteiger partial charge in [-0.25, -0.2) is 9.97 Å². The Morgan fingerprint density at radius 1 is 1.12 bits per heavy atom. The quantitative estimate of drug-likeness (QED) is 0.369. The average molecular weight is 453 g/mol. The number of hydrogen-bond acceptors (Lipinski definition) is 7. The van der Waals surface area contributed by atoms with Crippen LogP contribution >= 0.6 is 0 Å². The zero-order chi connectivity index (χ0) is 23.8. The largest absolute Gasteiger partial charge is 0.455 e. The predicted molar refractivity (Wildman–Crippen MR) is 132 cm³/mol. The highest BCUT2D eigenvalue weighted by Gasteiger charge is 2.08. The summed E-state index contributed by atoms with van der Waals surface area (Å²) >= 11 is 0. The Morgan fingerprint density at radius 3 is 2.82 bits per heavy atom. The Labute approximate surface area is 197 Å². The smallest absolute Gasteiger partial charge is 0.234 e. The van der Waals surface area contributed by atoms with Crippen LogP contribution in [0, 0.1) is 18.8 Å². The molecule has 8 nitrogen and oxygen atoms in total. The molecule has 4 aromatic rings. The van der Waals surface area contributed by atoms with Gasteiger partial charge in [-0.2, -0.15) is 0 Å². The van der Waals surface area contributed by atoms with Gasteiger partial charge in [0, 0.05) is 22.8 Å². The number of nitrogens with one attached hydrogen (secondary N) is 3. The average Bonchev–Trinajstić information content (AvgIpc) is 2.85. The number of anilines is 2. The van der Waals surface area contributed by atoms with Gasteiger partial charge in [0.15, 0.2) is 0 Å². The Balaban J connectivity index is 1.51. The van der Waals surface area contributed by atoms with E-state index in [4.69, 9.17) is 4.74 Å². The number of hydrogen-bond donors (Lipinski definition) is 3. The summed E-state index contributed by atoms with van der Waals surface area (Å²) in [4.78, 5) is 24.4. The Morgan fingerprint density at radius 2 is 2.03 bits per heavy atom. The first-order valence-electron chi connectivity index (χ1n) is 10.7. The first-order chi connectivity index (χ1) is 16.6. The van der Waals surface area contributed by atoms with E-state index in [1.165, 1.54) is 6.33 Å². The number of carbonyl (C=O) groups is 1. The van der Waals surface area contributed by atoms with Crippen molar-refractivity contribution in [3.8, 4) is 23.3 Å². The van der Waals surface area contributed by atoms with Gasteiger partial charge in [0.2, 0.25) is 5.91 Å². The van der Waals surface area contributed by atoms with Crippen LogP contribution in [0.4, 0.5) is 11.5 Å². The molecule has 2 aromatic heterocycles. The highest BCUT2D eigenvalue weighted by atomic mass is 16.5. The minimum atomic E-state index is -0.0951. The van der Waals surface area contributed by atoms with Crippen molar-refractivity contribution in [1.82, 2.24) is 25.6 Å². The maximum absolute atomic E-state index is 11.5. The van der Waals surface area contributed by atoms with Crippen LogP contribution in [0.15, 0.2) is 67.3 Å².